The summed E-state index contributed by atoms with van der Waals surface area (Å²) in [4.78, 5) is 0. The van der Waals surface area contributed by atoms with Crippen LogP contribution in [0, 0.1) is 5.82 Å². The second kappa shape index (κ2) is 5.10. The highest BCUT2D eigenvalue weighted by atomic mass is 19.1. The second-order valence-electron chi connectivity index (χ2n) is 5.46. The van der Waals surface area contributed by atoms with Gasteiger partial charge in [0, 0.05) is 12.8 Å². The Morgan fingerprint density at radius 3 is 2.79 bits per heavy atom. The van der Waals surface area contributed by atoms with Crippen molar-refractivity contribution < 1.29 is 19.0 Å². The molecular weight excluding hydrogens is 247 g/mol. The zero-order chi connectivity index (χ0) is 14.1. The van der Waals surface area contributed by atoms with E-state index in [1.54, 1.807) is 12.1 Å². The van der Waals surface area contributed by atoms with Crippen molar-refractivity contribution in [2.75, 3.05) is 13.7 Å². The van der Waals surface area contributed by atoms with Crippen LogP contribution in [0.2, 0.25) is 0 Å². The maximum Gasteiger partial charge on any atom is 0.165 e. The average molecular weight is 268 g/mol. The first-order chi connectivity index (χ1) is 8.92. The van der Waals surface area contributed by atoms with Gasteiger partial charge in [-0.15, -0.1) is 0 Å². The highest BCUT2D eigenvalue weighted by molar-refractivity contribution is 5.33. The van der Waals surface area contributed by atoms with Gasteiger partial charge in [-0.1, -0.05) is 13.0 Å². The topological polar surface area (TPSA) is 38.7 Å². The van der Waals surface area contributed by atoms with Crippen LogP contribution >= 0.6 is 0 Å². The number of aliphatic hydroxyl groups is 1. The number of benzene rings is 1. The van der Waals surface area contributed by atoms with Gasteiger partial charge in [0.1, 0.15) is 0 Å². The third-order valence-corrected chi connectivity index (χ3v) is 4.07. The highest BCUT2D eigenvalue weighted by Gasteiger charge is 2.42. The maximum atomic E-state index is 13.8. The van der Waals surface area contributed by atoms with Crippen LogP contribution in [0.5, 0.6) is 5.75 Å². The summed E-state index contributed by atoms with van der Waals surface area (Å²) in [5.74, 6) is -0.254. The second-order valence-corrected chi connectivity index (χ2v) is 5.46. The molecule has 0 amide bonds. The zero-order valence-electron chi connectivity index (χ0n) is 11.7. The van der Waals surface area contributed by atoms with Crippen molar-refractivity contribution in [2.45, 2.75) is 44.3 Å². The molecule has 0 radical (unpaired) electrons. The smallest absolute Gasteiger partial charge is 0.165 e. The van der Waals surface area contributed by atoms with Crippen molar-refractivity contribution in [1.82, 2.24) is 0 Å². The lowest BCUT2D eigenvalue weighted by atomic mass is 9.77. The minimum atomic E-state index is -1.03. The summed E-state index contributed by atoms with van der Waals surface area (Å²) in [7, 11) is 1.43. The Labute approximate surface area is 113 Å². The number of ether oxygens (including phenoxy) is 2. The van der Waals surface area contributed by atoms with Crippen LogP contribution in [0.15, 0.2) is 18.2 Å². The van der Waals surface area contributed by atoms with Crippen LogP contribution in [0.3, 0.4) is 0 Å². The van der Waals surface area contributed by atoms with E-state index in [0.717, 1.165) is 6.42 Å². The van der Waals surface area contributed by atoms with Crippen molar-refractivity contribution in [3.8, 4) is 5.75 Å². The van der Waals surface area contributed by atoms with E-state index in [-0.39, 0.29) is 11.4 Å². The van der Waals surface area contributed by atoms with Crippen molar-refractivity contribution in [1.29, 1.82) is 0 Å². The van der Waals surface area contributed by atoms with Crippen LogP contribution in [0.1, 0.15) is 38.7 Å². The van der Waals surface area contributed by atoms with Crippen LogP contribution in [0.25, 0.3) is 0 Å². The lowest BCUT2D eigenvalue weighted by Gasteiger charge is -2.43. The van der Waals surface area contributed by atoms with E-state index in [2.05, 4.69) is 0 Å². The van der Waals surface area contributed by atoms with Gasteiger partial charge >= 0.3 is 0 Å². The molecule has 1 heterocycles. The van der Waals surface area contributed by atoms with Gasteiger partial charge in [-0.2, -0.15) is 0 Å². The summed E-state index contributed by atoms with van der Waals surface area (Å²) >= 11 is 0. The molecule has 2 rings (SSSR count). The Balaban J connectivity index is 2.31. The molecule has 0 spiro atoms. The van der Waals surface area contributed by atoms with Crippen molar-refractivity contribution >= 4 is 0 Å². The monoisotopic (exact) mass is 268 g/mol. The first-order valence-corrected chi connectivity index (χ1v) is 6.63. The summed E-state index contributed by atoms with van der Waals surface area (Å²) in [5.41, 5.74) is -0.798. The van der Waals surface area contributed by atoms with Gasteiger partial charge in [0.25, 0.3) is 0 Å². The van der Waals surface area contributed by atoms with Crippen LogP contribution in [0.4, 0.5) is 4.39 Å². The third kappa shape index (κ3) is 2.74. The summed E-state index contributed by atoms with van der Waals surface area (Å²) in [6, 6.07) is 4.64. The minimum absolute atomic E-state index is 0.192. The molecule has 1 aromatic rings. The zero-order valence-corrected chi connectivity index (χ0v) is 11.7. The number of hydrogen-bond donors (Lipinski definition) is 1. The van der Waals surface area contributed by atoms with Gasteiger partial charge in [-0.25, -0.2) is 4.39 Å². The summed E-state index contributed by atoms with van der Waals surface area (Å²) in [6.07, 6.45) is 1.77. The van der Waals surface area contributed by atoms with E-state index < -0.39 is 11.4 Å². The van der Waals surface area contributed by atoms with Gasteiger partial charge in [0.2, 0.25) is 0 Å². The molecule has 0 bridgehead atoms. The first-order valence-electron chi connectivity index (χ1n) is 6.63. The van der Waals surface area contributed by atoms with Gasteiger partial charge in [0.05, 0.1) is 24.9 Å². The molecule has 1 aliphatic heterocycles. The molecular formula is C15H21FO3. The fourth-order valence-corrected chi connectivity index (χ4v) is 2.65. The summed E-state index contributed by atoms with van der Waals surface area (Å²) in [6.45, 7) is 4.49. The van der Waals surface area contributed by atoms with Crippen LogP contribution in [-0.4, -0.2) is 24.4 Å². The fraction of sp³-hybridized carbons (Fsp3) is 0.600. The van der Waals surface area contributed by atoms with Crippen molar-refractivity contribution in [3.05, 3.63) is 29.6 Å². The maximum absolute atomic E-state index is 13.8. The minimum Gasteiger partial charge on any atom is -0.494 e. The Kier molecular flexibility index (Phi) is 3.83. The van der Waals surface area contributed by atoms with Crippen LogP contribution < -0.4 is 4.74 Å². The number of methoxy groups -OCH3 is 1. The molecule has 2 atom stereocenters. The quantitative estimate of drug-likeness (QED) is 0.916. The number of halogens is 1. The molecule has 1 fully saturated rings. The molecule has 1 saturated heterocycles. The Bertz CT molecular complexity index is 463. The Hall–Kier alpha value is -1.13. The number of rotatable bonds is 3. The van der Waals surface area contributed by atoms with Crippen LogP contribution in [-0.2, 0) is 10.3 Å². The van der Waals surface area contributed by atoms with E-state index in [9.17, 15) is 9.50 Å². The van der Waals surface area contributed by atoms with E-state index in [0.29, 0.717) is 25.0 Å². The van der Waals surface area contributed by atoms with E-state index in [1.807, 2.05) is 13.8 Å². The highest BCUT2D eigenvalue weighted by Crippen LogP contribution is 2.41. The lowest BCUT2D eigenvalue weighted by molar-refractivity contribution is -0.157. The summed E-state index contributed by atoms with van der Waals surface area (Å²) in [5, 5.41) is 10.8. The van der Waals surface area contributed by atoms with E-state index in [4.69, 9.17) is 9.47 Å². The molecule has 1 aromatic carbocycles. The average Bonchev–Trinajstić information content (AvgIpc) is 2.38. The SMILES string of the molecule is CCC1(C)CC(O)(c2ccc(OC)c(F)c2)CCO1. The van der Waals surface area contributed by atoms with Crippen molar-refractivity contribution in [3.63, 3.8) is 0 Å². The molecule has 2 unspecified atom stereocenters. The summed E-state index contributed by atoms with van der Waals surface area (Å²) < 4.78 is 24.4. The molecule has 0 aromatic heterocycles. The van der Waals surface area contributed by atoms with Gasteiger partial charge < -0.3 is 14.6 Å². The first kappa shape index (κ1) is 14.3. The largest absolute Gasteiger partial charge is 0.494 e. The molecule has 0 saturated carbocycles. The molecule has 19 heavy (non-hydrogen) atoms. The lowest BCUT2D eigenvalue weighted by Crippen LogP contribution is -2.45. The molecule has 4 heteroatoms. The Morgan fingerprint density at radius 2 is 2.21 bits per heavy atom. The predicted molar refractivity (Wildman–Crippen MR) is 70.7 cm³/mol. The third-order valence-electron chi connectivity index (χ3n) is 4.07. The molecule has 3 nitrogen and oxygen atoms in total. The molecule has 1 aliphatic rings. The normalized spacial score (nSPS) is 31.2. The van der Waals surface area contributed by atoms with Gasteiger partial charge in [0.15, 0.2) is 11.6 Å². The standard InChI is InChI=1S/C15H21FO3/c1-4-14(2)10-15(17,7-8-19-14)11-5-6-13(18-3)12(16)9-11/h5-6,9,17H,4,7-8,10H2,1-3H3. The number of hydrogen-bond acceptors (Lipinski definition) is 3. The molecule has 0 aliphatic carbocycles. The van der Waals surface area contributed by atoms with E-state index in [1.165, 1.54) is 13.2 Å². The van der Waals surface area contributed by atoms with E-state index >= 15 is 0 Å². The van der Waals surface area contributed by atoms with Gasteiger partial charge in [-0.05, 0) is 31.0 Å². The van der Waals surface area contributed by atoms with Gasteiger partial charge in [-0.3, -0.25) is 0 Å². The molecule has 106 valence electrons. The predicted octanol–water partition coefficient (Wildman–Crippen LogP) is 3.00. The molecule has 1 N–H and O–H groups in total. The van der Waals surface area contributed by atoms with Crippen molar-refractivity contribution in [2.24, 2.45) is 0 Å². The fourth-order valence-electron chi connectivity index (χ4n) is 2.65. The Morgan fingerprint density at radius 1 is 1.47 bits per heavy atom.